The number of likely N-dealkylation sites (N-methyl/N-ethyl adjacent to an activating group) is 1. The molecule has 0 bridgehead atoms. The van der Waals surface area contributed by atoms with Gasteiger partial charge in [-0.15, -0.1) is 0 Å². The molecular formula is C25H33N3O2. The van der Waals surface area contributed by atoms with E-state index < -0.39 is 0 Å². The minimum Gasteiger partial charge on any atom is -0.362 e. The van der Waals surface area contributed by atoms with Gasteiger partial charge >= 0.3 is 0 Å². The van der Waals surface area contributed by atoms with Crippen LogP contribution in [0.25, 0.3) is 0 Å². The van der Waals surface area contributed by atoms with Crippen LogP contribution in [0.2, 0.25) is 0 Å². The van der Waals surface area contributed by atoms with Gasteiger partial charge in [-0.1, -0.05) is 43.3 Å². The largest absolute Gasteiger partial charge is 0.362 e. The summed E-state index contributed by atoms with van der Waals surface area (Å²) in [6.07, 6.45) is 2.61. The first-order valence-corrected chi connectivity index (χ1v) is 11.1. The van der Waals surface area contributed by atoms with Crippen molar-refractivity contribution in [1.82, 2.24) is 9.80 Å². The first-order chi connectivity index (χ1) is 14.6. The van der Waals surface area contributed by atoms with Gasteiger partial charge in [-0.25, -0.2) is 0 Å². The van der Waals surface area contributed by atoms with Crippen LogP contribution in [0.1, 0.15) is 43.5 Å². The average molecular weight is 408 g/mol. The molecule has 0 saturated carbocycles. The molecule has 0 aliphatic carbocycles. The third-order valence-corrected chi connectivity index (χ3v) is 5.83. The maximum atomic E-state index is 13.2. The number of benzene rings is 2. The van der Waals surface area contributed by atoms with E-state index in [9.17, 15) is 9.59 Å². The van der Waals surface area contributed by atoms with Crippen LogP contribution in [0.15, 0.2) is 60.7 Å². The summed E-state index contributed by atoms with van der Waals surface area (Å²) in [6, 6.07) is 19.8. The van der Waals surface area contributed by atoms with E-state index in [2.05, 4.69) is 35.8 Å². The summed E-state index contributed by atoms with van der Waals surface area (Å²) in [4.78, 5) is 32.0. The second kappa shape index (κ2) is 10.8. The Labute approximate surface area is 180 Å². The summed E-state index contributed by atoms with van der Waals surface area (Å²) < 4.78 is 0. The van der Waals surface area contributed by atoms with Crippen LogP contribution in [0.3, 0.4) is 0 Å². The summed E-state index contributed by atoms with van der Waals surface area (Å²) in [5, 5.41) is 0. The van der Waals surface area contributed by atoms with Gasteiger partial charge in [-0.05, 0) is 50.5 Å². The number of piperidine rings is 1. The second-order valence-corrected chi connectivity index (χ2v) is 7.83. The predicted octanol–water partition coefficient (Wildman–Crippen LogP) is 4.06. The lowest BCUT2D eigenvalue weighted by molar-refractivity contribution is -0.132. The lowest BCUT2D eigenvalue weighted by Gasteiger charge is -2.39. The molecule has 0 radical (unpaired) electrons. The van der Waals surface area contributed by atoms with Crippen molar-refractivity contribution in [2.75, 3.05) is 37.6 Å². The third kappa shape index (κ3) is 5.41. The van der Waals surface area contributed by atoms with Gasteiger partial charge in [0.05, 0.1) is 6.54 Å². The third-order valence-electron chi connectivity index (χ3n) is 5.83. The molecule has 2 aromatic carbocycles. The molecule has 30 heavy (non-hydrogen) atoms. The van der Waals surface area contributed by atoms with Crippen molar-refractivity contribution in [3.05, 3.63) is 66.2 Å². The molecule has 160 valence electrons. The number of hydrogen-bond acceptors (Lipinski definition) is 3. The number of rotatable bonds is 8. The number of carbonyl (C=O) groups excluding carboxylic acids is 2. The topological polar surface area (TPSA) is 43.9 Å². The zero-order valence-electron chi connectivity index (χ0n) is 18.2. The molecule has 1 aliphatic rings. The molecule has 5 nitrogen and oxygen atoms in total. The quantitative estimate of drug-likeness (QED) is 0.663. The fourth-order valence-electron chi connectivity index (χ4n) is 4.17. The number of amides is 2. The highest BCUT2D eigenvalue weighted by atomic mass is 16.2. The first-order valence-electron chi connectivity index (χ1n) is 11.1. The molecule has 0 N–H and O–H groups in total. The molecule has 2 amide bonds. The van der Waals surface area contributed by atoms with Gasteiger partial charge in [-0.2, -0.15) is 0 Å². The summed E-state index contributed by atoms with van der Waals surface area (Å²) >= 11 is 0. The predicted molar refractivity (Wildman–Crippen MR) is 122 cm³/mol. The molecule has 0 aromatic heterocycles. The van der Waals surface area contributed by atoms with E-state index in [-0.39, 0.29) is 17.9 Å². The highest BCUT2D eigenvalue weighted by molar-refractivity contribution is 5.94. The molecule has 1 saturated heterocycles. The van der Waals surface area contributed by atoms with Crippen LogP contribution < -0.4 is 4.90 Å². The van der Waals surface area contributed by atoms with Gasteiger partial charge in [-0.3, -0.25) is 9.59 Å². The maximum Gasteiger partial charge on any atom is 0.253 e. The van der Waals surface area contributed by atoms with Crippen LogP contribution in [-0.2, 0) is 4.79 Å². The molecule has 0 spiro atoms. The Bertz CT molecular complexity index is 802. The number of carbonyl (C=O) groups is 2. The van der Waals surface area contributed by atoms with Crippen LogP contribution in [0.4, 0.5) is 5.69 Å². The van der Waals surface area contributed by atoms with Gasteiger partial charge < -0.3 is 14.7 Å². The zero-order chi connectivity index (χ0) is 21.3. The second-order valence-electron chi connectivity index (χ2n) is 7.83. The van der Waals surface area contributed by atoms with E-state index in [0.717, 1.165) is 43.6 Å². The van der Waals surface area contributed by atoms with E-state index in [0.29, 0.717) is 19.6 Å². The van der Waals surface area contributed by atoms with E-state index in [1.807, 2.05) is 53.4 Å². The minimum absolute atomic E-state index is 0.0867. The number of nitrogens with zero attached hydrogens (tertiary/aromatic N) is 3. The monoisotopic (exact) mass is 407 g/mol. The van der Waals surface area contributed by atoms with E-state index in [4.69, 9.17) is 0 Å². The van der Waals surface area contributed by atoms with Crippen molar-refractivity contribution in [2.45, 2.75) is 39.2 Å². The Morgan fingerprint density at radius 1 is 0.933 bits per heavy atom. The lowest BCUT2D eigenvalue weighted by atomic mass is 10.0. The summed E-state index contributed by atoms with van der Waals surface area (Å²) in [7, 11) is 0. The molecule has 1 fully saturated rings. The number of likely N-dealkylation sites (tertiary alicyclic amines) is 1. The molecule has 2 aromatic rings. The molecule has 0 atom stereocenters. The van der Waals surface area contributed by atoms with Crippen LogP contribution >= 0.6 is 0 Å². The number of hydrogen-bond donors (Lipinski definition) is 0. The maximum absolute atomic E-state index is 13.2. The standard InChI is InChI=1S/C25H33N3O2/c1-3-17-28(24(29)20-26(4-2)22-13-9-6-10-14-22)23-15-18-27(19-16-23)25(30)21-11-7-5-8-12-21/h5-14,23H,3-4,15-20H2,1-2H3. The van der Waals surface area contributed by atoms with Gasteiger partial charge in [0, 0.05) is 43.5 Å². The van der Waals surface area contributed by atoms with E-state index in [1.54, 1.807) is 0 Å². The van der Waals surface area contributed by atoms with E-state index in [1.165, 1.54) is 0 Å². The van der Waals surface area contributed by atoms with Gasteiger partial charge in [0.1, 0.15) is 0 Å². The Kier molecular flexibility index (Phi) is 7.89. The lowest BCUT2D eigenvalue weighted by Crippen LogP contribution is -2.51. The summed E-state index contributed by atoms with van der Waals surface area (Å²) in [5.74, 6) is 0.263. The van der Waals surface area contributed by atoms with Crippen LogP contribution in [0.5, 0.6) is 0 Å². The molecule has 1 heterocycles. The molecule has 0 unspecified atom stereocenters. The Morgan fingerprint density at radius 2 is 1.53 bits per heavy atom. The minimum atomic E-state index is 0.0867. The van der Waals surface area contributed by atoms with Crippen molar-refractivity contribution in [3.8, 4) is 0 Å². The summed E-state index contributed by atoms with van der Waals surface area (Å²) in [5.41, 5.74) is 1.81. The van der Waals surface area contributed by atoms with Crippen molar-refractivity contribution in [3.63, 3.8) is 0 Å². The zero-order valence-corrected chi connectivity index (χ0v) is 18.2. The fraction of sp³-hybridized carbons (Fsp3) is 0.440. The molecule has 1 aliphatic heterocycles. The van der Waals surface area contributed by atoms with Crippen molar-refractivity contribution >= 4 is 17.5 Å². The highest BCUT2D eigenvalue weighted by Crippen LogP contribution is 2.20. The number of anilines is 1. The van der Waals surface area contributed by atoms with Gasteiger partial charge in [0.25, 0.3) is 5.91 Å². The van der Waals surface area contributed by atoms with Gasteiger partial charge in [0.2, 0.25) is 5.91 Å². The molecular weight excluding hydrogens is 374 g/mol. The van der Waals surface area contributed by atoms with Crippen molar-refractivity contribution in [2.24, 2.45) is 0 Å². The van der Waals surface area contributed by atoms with Crippen molar-refractivity contribution in [1.29, 1.82) is 0 Å². The fourth-order valence-corrected chi connectivity index (χ4v) is 4.17. The van der Waals surface area contributed by atoms with Crippen molar-refractivity contribution < 1.29 is 9.59 Å². The number of para-hydroxylation sites is 1. The Balaban J connectivity index is 1.61. The Hall–Kier alpha value is -2.82. The van der Waals surface area contributed by atoms with Gasteiger partial charge in [0.15, 0.2) is 0 Å². The summed E-state index contributed by atoms with van der Waals surface area (Å²) in [6.45, 7) is 7.54. The Morgan fingerprint density at radius 3 is 2.10 bits per heavy atom. The van der Waals surface area contributed by atoms with Crippen LogP contribution in [-0.4, -0.2) is 60.4 Å². The highest BCUT2D eigenvalue weighted by Gasteiger charge is 2.30. The molecule has 5 heteroatoms. The van der Waals surface area contributed by atoms with E-state index >= 15 is 0 Å². The van der Waals surface area contributed by atoms with Crippen LogP contribution in [0, 0.1) is 0 Å². The normalized spacial score (nSPS) is 14.4. The first kappa shape index (κ1) is 21.9. The SMILES string of the molecule is CCCN(C(=O)CN(CC)c1ccccc1)C1CCN(C(=O)c2ccccc2)CC1. The average Bonchev–Trinajstić information content (AvgIpc) is 2.81. The smallest absolute Gasteiger partial charge is 0.253 e. The molecule has 3 rings (SSSR count).